The molecule has 0 aliphatic carbocycles. The molecular weight excluding hydrogens is 306 g/mol. The van der Waals surface area contributed by atoms with Gasteiger partial charge in [0.2, 0.25) is 0 Å². The standard InChI is InChI=1S/C13H15N5O5/c14-15-11(19)13(21)17-6-4-16(5-7-17)12(20)9-2-1-3-10(8-9)18(22)23/h1-3,8H,4-7,14H2,(H,15,19). The molecule has 1 aromatic carbocycles. The van der Waals surface area contributed by atoms with Crippen molar-refractivity contribution < 1.29 is 19.3 Å². The van der Waals surface area contributed by atoms with Crippen LogP contribution in [0.15, 0.2) is 24.3 Å². The fourth-order valence-electron chi connectivity index (χ4n) is 2.25. The summed E-state index contributed by atoms with van der Waals surface area (Å²) in [6.45, 7) is 0.829. The Labute approximate surface area is 130 Å². The van der Waals surface area contributed by atoms with Crippen LogP contribution in [-0.4, -0.2) is 58.6 Å². The Balaban J connectivity index is 2.01. The van der Waals surface area contributed by atoms with E-state index in [1.165, 1.54) is 34.1 Å². The predicted octanol–water partition coefficient (Wildman–Crippen LogP) is -1.13. The van der Waals surface area contributed by atoms with E-state index in [1.807, 2.05) is 0 Å². The molecule has 3 N–H and O–H groups in total. The highest BCUT2D eigenvalue weighted by Gasteiger charge is 2.28. The van der Waals surface area contributed by atoms with E-state index >= 15 is 0 Å². The van der Waals surface area contributed by atoms with E-state index in [9.17, 15) is 24.5 Å². The lowest BCUT2D eigenvalue weighted by Gasteiger charge is -2.34. The van der Waals surface area contributed by atoms with E-state index in [0.717, 1.165) is 0 Å². The van der Waals surface area contributed by atoms with E-state index in [0.29, 0.717) is 0 Å². The molecule has 0 bridgehead atoms. The summed E-state index contributed by atoms with van der Waals surface area (Å²) in [6, 6.07) is 5.45. The van der Waals surface area contributed by atoms with Crippen molar-refractivity contribution in [1.29, 1.82) is 0 Å². The molecular formula is C13H15N5O5. The number of nitrogens with zero attached hydrogens (tertiary/aromatic N) is 3. The third kappa shape index (κ3) is 3.61. The van der Waals surface area contributed by atoms with Crippen LogP contribution in [-0.2, 0) is 9.59 Å². The minimum atomic E-state index is -0.913. The summed E-state index contributed by atoms with van der Waals surface area (Å²) in [5.41, 5.74) is 1.81. The maximum atomic E-state index is 12.3. The number of hydrazine groups is 1. The Hall–Kier alpha value is -3.01. The molecule has 122 valence electrons. The zero-order chi connectivity index (χ0) is 17.0. The minimum Gasteiger partial charge on any atom is -0.335 e. The van der Waals surface area contributed by atoms with Crippen LogP contribution in [0.5, 0.6) is 0 Å². The molecule has 1 heterocycles. The number of hydrogen-bond donors (Lipinski definition) is 2. The van der Waals surface area contributed by atoms with Crippen molar-refractivity contribution in [2.24, 2.45) is 5.84 Å². The molecule has 23 heavy (non-hydrogen) atoms. The number of amides is 3. The smallest absolute Gasteiger partial charge is 0.323 e. The van der Waals surface area contributed by atoms with Gasteiger partial charge in [0, 0.05) is 43.9 Å². The molecule has 1 saturated heterocycles. The van der Waals surface area contributed by atoms with Crippen LogP contribution in [0.2, 0.25) is 0 Å². The largest absolute Gasteiger partial charge is 0.335 e. The van der Waals surface area contributed by atoms with Crippen molar-refractivity contribution in [3.8, 4) is 0 Å². The third-order valence-corrected chi connectivity index (χ3v) is 3.48. The number of piperazine rings is 1. The van der Waals surface area contributed by atoms with Crippen LogP contribution in [0.4, 0.5) is 5.69 Å². The zero-order valence-electron chi connectivity index (χ0n) is 12.1. The number of nitrogens with two attached hydrogens (primary N) is 1. The highest BCUT2D eigenvalue weighted by atomic mass is 16.6. The van der Waals surface area contributed by atoms with Crippen molar-refractivity contribution >= 4 is 23.4 Å². The predicted molar refractivity (Wildman–Crippen MR) is 77.9 cm³/mol. The van der Waals surface area contributed by atoms with Gasteiger partial charge in [0.15, 0.2) is 0 Å². The second kappa shape index (κ2) is 6.83. The number of nitrogens with one attached hydrogen (secondary N) is 1. The topological polar surface area (TPSA) is 139 Å². The Morgan fingerprint density at radius 1 is 1.13 bits per heavy atom. The van der Waals surface area contributed by atoms with Crippen LogP contribution >= 0.6 is 0 Å². The van der Waals surface area contributed by atoms with E-state index < -0.39 is 16.7 Å². The van der Waals surface area contributed by atoms with Crippen LogP contribution in [0.25, 0.3) is 0 Å². The van der Waals surface area contributed by atoms with Gasteiger partial charge in [0.1, 0.15) is 0 Å². The molecule has 0 spiro atoms. The molecule has 0 atom stereocenters. The van der Waals surface area contributed by atoms with Crippen molar-refractivity contribution in [3.63, 3.8) is 0 Å². The Bertz CT molecular complexity index is 654. The van der Waals surface area contributed by atoms with Crippen molar-refractivity contribution in [2.45, 2.75) is 0 Å². The van der Waals surface area contributed by atoms with Gasteiger partial charge in [0.25, 0.3) is 11.6 Å². The number of rotatable bonds is 2. The quantitative estimate of drug-likeness (QED) is 0.232. The minimum absolute atomic E-state index is 0.163. The average molecular weight is 321 g/mol. The van der Waals surface area contributed by atoms with Crippen LogP contribution in [0, 0.1) is 10.1 Å². The van der Waals surface area contributed by atoms with Gasteiger partial charge in [-0.1, -0.05) is 6.07 Å². The van der Waals surface area contributed by atoms with Crippen LogP contribution in [0.3, 0.4) is 0 Å². The van der Waals surface area contributed by atoms with Crippen LogP contribution < -0.4 is 11.3 Å². The fraction of sp³-hybridized carbons (Fsp3) is 0.308. The second-order valence-electron chi connectivity index (χ2n) is 4.87. The Morgan fingerprint density at radius 2 is 1.74 bits per heavy atom. The van der Waals surface area contributed by atoms with Gasteiger partial charge in [-0.15, -0.1) is 0 Å². The first-order valence-electron chi connectivity index (χ1n) is 6.77. The van der Waals surface area contributed by atoms with E-state index in [-0.39, 0.29) is 43.3 Å². The van der Waals surface area contributed by atoms with Crippen molar-refractivity contribution in [1.82, 2.24) is 15.2 Å². The zero-order valence-corrected chi connectivity index (χ0v) is 12.1. The van der Waals surface area contributed by atoms with Crippen molar-refractivity contribution in [2.75, 3.05) is 26.2 Å². The summed E-state index contributed by atoms with van der Waals surface area (Å²) in [4.78, 5) is 48.1. The average Bonchev–Trinajstić information content (AvgIpc) is 2.60. The first kappa shape index (κ1) is 16.4. The fourth-order valence-corrected chi connectivity index (χ4v) is 2.25. The highest BCUT2D eigenvalue weighted by Crippen LogP contribution is 2.16. The number of hydrogen-bond acceptors (Lipinski definition) is 6. The van der Waals surface area contributed by atoms with Gasteiger partial charge in [-0.3, -0.25) is 29.9 Å². The lowest BCUT2D eigenvalue weighted by Crippen LogP contribution is -2.54. The monoisotopic (exact) mass is 321 g/mol. The molecule has 10 nitrogen and oxygen atoms in total. The number of non-ortho nitro benzene ring substituents is 1. The summed E-state index contributed by atoms with van der Waals surface area (Å²) in [7, 11) is 0. The molecule has 1 aliphatic heterocycles. The molecule has 2 rings (SSSR count). The molecule has 0 saturated carbocycles. The molecule has 0 unspecified atom stereocenters. The van der Waals surface area contributed by atoms with Gasteiger partial charge in [-0.25, -0.2) is 5.84 Å². The summed E-state index contributed by atoms with van der Waals surface area (Å²) < 4.78 is 0. The molecule has 10 heteroatoms. The molecule has 0 aromatic heterocycles. The first-order valence-corrected chi connectivity index (χ1v) is 6.77. The summed E-state index contributed by atoms with van der Waals surface area (Å²) in [5, 5.41) is 10.8. The maximum Gasteiger partial charge on any atom is 0.323 e. The van der Waals surface area contributed by atoms with E-state index in [1.54, 1.807) is 5.43 Å². The number of nitro groups is 1. The summed E-state index contributed by atoms with van der Waals surface area (Å²) in [5.74, 6) is 2.88. The van der Waals surface area contributed by atoms with Crippen molar-refractivity contribution in [3.05, 3.63) is 39.9 Å². The second-order valence-corrected chi connectivity index (χ2v) is 4.87. The number of benzene rings is 1. The van der Waals surface area contributed by atoms with E-state index in [2.05, 4.69) is 0 Å². The molecule has 0 radical (unpaired) electrons. The van der Waals surface area contributed by atoms with Crippen LogP contribution in [0.1, 0.15) is 10.4 Å². The third-order valence-electron chi connectivity index (χ3n) is 3.48. The molecule has 1 aliphatic rings. The number of nitro benzene ring substituents is 1. The lowest BCUT2D eigenvalue weighted by atomic mass is 10.1. The van der Waals surface area contributed by atoms with Gasteiger partial charge < -0.3 is 9.80 Å². The summed E-state index contributed by atoms with van der Waals surface area (Å²) in [6.07, 6.45) is 0. The molecule has 3 amide bonds. The Kier molecular flexibility index (Phi) is 4.86. The first-order chi connectivity index (χ1) is 10.9. The van der Waals surface area contributed by atoms with Gasteiger partial charge in [-0.05, 0) is 6.07 Å². The normalized spacial score (nSPS) is 14.3. The molecule has 1 fully saturated rings. The van der Waals surface area contributed by atoms with Gasteiger partial charge in [-0.2, -0.15) is 0 Å². The molecule has 1 aromatic rings. The Morgan fingerprint density at radius 3 is 2.30 bits per heavy atom. The highest BCUT2D eigenvalue weighted by molar-refractivity contribution is 6.34. The lowest BCUT2D eigenvalue weighted by molar-refractivity contribution is -0.384. The number of carbonyl (C=O) groups is 3. The van der Waals surface area contributed by atoms with Gasteiger partial charge in [0.05, 0.1) is 4.92 Å². The van der Waals surface area contributed by atoms with Gasteiger partial charge >= 0.3 is 11.8 Å². The number of carbonyl (C=O) groups excluding carboxylic acids is 3. The maximum absolute atomic E-state index is 12.3. The summed E-state index contributed by atoms with van der Waals surface area (Å²) >= 11 is 0. The SMILES string of the molecule is NNC(=O)C(=O)N1CCN(C(=O)c2cccc([N+](=O)[O-])c2)CC1. The van der Waals surface area contributed by atoms with E-state index in [4.69, 9.17) is 5.84 Å².